The minimum atomic E-state index is 0.534. The quantitative estimate of drug-likeness (QED) is 0.601. The molecular formula is C19H23ClN4O2. The summed E-state index contributed by atoms with van der Waals surface area (Å²) in [5.41, 5.74) is 2.02. The molecule has 6 nitrogen and oxygen atoms in total. The molecule has 1 aliphatic heterocycles. The zero-order chi connectivity index (χ0) is 18.2. The Morgan fingerprint density at radius 1 is 1.23 bits per heavy atom. The van der Waals surface area contributed by atoms with Crippen LogP contribution in [0.15, 0.2) is 41.5 Å². The number of aliphatic imine (C=N–C) groups is 1. The highest BCUT2D eigenvalue weighted by atomic mass is 35.5. The number of ether oxygens (including phenoxy) is 2. The van der Waals surface area contributed by atoms with Gasteiger partial charge in [-0.25, -0.2) is 4.99 Å². The lowest BCUT2D eigenvalue weighted by atomic mass is 10.1. The average Bonchev–Trinajstić information content (AvgIpc) is 2.67. The van der Waals surface area contributed by atoms with Crippen molar-refractivity contribution in [2.75, 3.05) is 26.3 Å². The van der Waals surface area contributed by atoms with Crippen molar-refractivity contribution in [1.82, 2.24) is 15.6 Å². The maximum absolute atomic E-state index is 6.29. The minimum Gasteiger partial charge on any atom is -0.486 e. The van der Waals surface area contributed by atoms with E-state index in [9.17, 15) is 0 Å². The van der Waals surface area contributed by atoms with Crippen LogP contribution in [0.1, 0.15) is 18.2 Å². The molecule has 0 radical (unpaired) electrons. The van der Waals surface area contributed by atoms with Gasteiger partial charge in [0.2, 0.25) is 0 Å². The summed E-state index contributed by atoms with van der Waals surface area (Å²) in [4.78, 5) is 8.85. The van der Waals surface area contributed by atoms with Crippen LogP contribution >= 0.6 is 11.6 Å². The number of benzene rings is 1. The summed E-state index contributed by atoms with van der Waals surface area (Å²) in [5.74, 6) is 2.12. The molecule has 1 aliphatic rings. The van der Waals surface area contributed by atoms with E-state index in [1.165, 1.54) is 0 Å². The lowest BCUT2D eigenvalue weighted by Crippen LogP contribution is -2.38. The molecule has 0 bridgehead atoms. The van der Waals surface area contributed by atoms with Crippen LogP contribution in [0, 0.1) is 0 Å². The van der Waals surface area contributed by atoms with Crippen LogP contribution in [0.4, 0.5) is 0 Å². The lowest BCUT2D eigenvalue weighted by Gasteiger charge is -2.20. The topological polar surface area (TPSA) is 67.8 Å². The van der Waals surface area contributed by atoms with Crippen molar-refractivity contribution in [3.8, 4) is 11.5 Å². The number of hydrogen-bond acceptors (Lipinski definition) is 4. The van der Waals surface area contributed by atoms with Gasteiger partial charge < -0.3 is 20.1 Å². The van der Waals surface area contributed by atoms with Crippen molar-refractivity contribution >= 4 is 17.6 Å². The van der Waals surface area contributed by atoms with E-state index in [1.54, 1.807) is 6.20 Å². The monoisotopic (exact) mass is 374 g/mol. The highest BCUT2D eigenvalue weighted by Crippen LogP contribution is 2.38. The average molecular weight is 375 g/mol. The Balaban J connectivity index is 1.57. The van der Waals surface area contributed by atoms with Gasteiger partial charge in [-0.15, -0.1) is 0 Å². The second-order valence-electron chi connectivity index (χ2n) is 5.79. The number of pyridine rings is 1. The fourth-order valence-electron chi connectivity index (χ4n) is 2.63. The van der Waals surface area contributed by atoms with Crippen molar-refractivity contribution < 1.29 is 9.47 Å². The van der Waals surface area contributed by atoms with E-state index in [0.29, 0.717) is 30.5 Å². The molecule has 0 saturated carbocycles. The Hall–Kier alpha value is -2.47. The Morgan fingerprint density at radius 2 is 2.12 bits per heavy atom. The van der Waals surface area contributed by atoms with Crippen LogP contribution in [0.2, 0.25) is 5.02 Å². The van der Waals surface area contributed by atoms with Crippen molar-refractivity contribution in [1.29, 1.82) is 0 Å². The SMILES string of the molecule is CCNC(=NCc1ccccn1)NCCc1cc(Cl)c2c(c1)OCCO2. The van der Waals surface area contributed by atoms with Crippen LogP contribution in [-0.2, 0) is 13.0 Å². The van der Waals surface area contributed by atoms with Crippen LogP contribution in [0.5, 0.6) is 11.5 Å². The first-order valence-electron chi connectivity index (χ1n) is 8.76. The van der Waals surface area contributed by atoms with Crippen molar-refractivity contribution in [3.05, 3.63) is 52.8 Å². The number of guanidine groups is 1. The van der Waals surface area contributed by atoms with Gasteiger partial charge in [0.05, 0.1) is 17.3 Å². The molecule has 0 aliphatic carbocycles. The highest BCUT2D eigenvalue weighted by Gasteiger charge is 2.16. The molecule has 0 saturated heterocycles. The Bertz CT molecular complexity index is 753. The standard InChI is InChI=1S/C19H23ClN4O2/c1-2-21-19(24-13-15-5-3-4-7-22-15)23-8-6-14-11-16(20)18-17(12-14)25-9-10-26-18/h3-5,7,11-12H,2,6,8-10,13H2,1H3,(H2,21,23,24). The van der Waals surface area contributed by atoms with E-state index in [4.69, 9.17) is 21.1 Å². The lowest BCUT2D eigenvalue weighted by molar-refractivity contribution is 0.171. The Kier molecular flexibility index (Phi) is 6.55. The van der Waals surface area contributed by atoms with Gasteiger partial charge in [0.25, 0.3) is 0 Å². The number of aromatic nitrogens is 1. The molecule has 2 heterocycles. The molecule has 3 rings (SSSR count). The second-order valence-corrected chi connectivity index (χ2v) is 6.20. The van der Waals surface area contributed by atoms with Crippen LogP contribution in [0.3, 0.4) is 0 Å². The maximum Gasteiger partial charge on any atom is 0.191 e. The largest absolute Gasteiger partial charge is 0.486 e. The fourth-order valence-corrected chi connectivity index (χ4v) is 2.92. The molecule has 0 fully saturated rings. The van der Waals surface area contributed by atoms with Gasteiger partial charge >= 0.3 is 0 Å². The highest BCUT2D eigenvalue weighted by molar-refractivity contribution is 6.32. The molecule has 7 heteroatoms. The molecule has 0 unspecified atom stereocenters. The number of rotatable bonds is 6. The first-order chi connectivity index (χ1) is 12.8. The van der Waals surface area contributed by atoms with Crippen LogP contribution < -0.4 is 20.1 Å². The molecule has 2 N–H and O–H groups in total. The molecule has 0 atom stereocenters. The molecule has 2 aromatic rings. The zero-order valence-corrected chi connectivity index (χ0v) is 15.6. The molecule has 0 spiro atoms. The molecule has 138 valence electrons. The summed E-state index contributed by atoms with van der Waals surface area (Å²) >= 11 is 6.29. The van der Waals surface area contributed by atoms with Gasteiger partial charge in [-0.2, -0.15) is 0 Å². The van der Waals surface area contributed by atoms with E-state index in [1.807, 2.05) is 37.3 Å². The minimum absolute atomic E-state index is 0.534. The first-order valence-corrected chi connectivity index (χ1v) is 9.14. The molecule has 1 aromatic carbocycles. The summed E-state index contributed by atoms with van der Waals surface area (Å²) in [5, 5.41) is 7.17. The number of halogens is 1. The van der Waals surface area contributed by atoms with Gasteiger partial charge in [0.15, 0.2) is 17.5 Å². The van der Waals surface area contributed by atoms with E-state index < -0.39 is 0 Å². The summed E-state index contributed by atoms with van der Waals surface area (Å²) < 4.78 is 11.2. The third-order valence-electron chi connectivity index (χ3n) is 3.83. The smallest absolute Gasteiger partial charge is 0.191 e. The third-order valence-corrected chi connectivity index (χ3v) is 4.11. The Morgan fingerprint density at radius 3 is 2.92 bits per heavy atom. The van der Waals surface area contributed by atoms with E-state index in [0.717, 1.165) is 42.5 Å². The number of nitrogens with zero attached hydrogens (tertiary/aromatic N) is 2. The third kappa shape index (κ3) is 5.02. The normalized spacial score (nSPS) is 13.4. The van der Waals surface area contributed by atoms with Gasteiger partial charge in [-0.3, -0.25) is 4.98 Å². The van der Waals surface area contributed by atoms with Crippen molar-refractivity contribution in [2.45, 2.75) is 19.9 Å². The predicted molar refractivity (Wildman–Crippen MR) is 103 cm³/mol. The van der Waals surface area contributed by atoms with Crippen molar-refractivity contribution in [2.24, 2.45) is 4.99 Å². The Labute approximate surface area is 158 Å². The number of fused-ring (bicyclic) bond motifs is 1. The van der Waals surface area contributed by atoms with Gasteiger partial charge in [-0.1, -0.05) is 17.7 Å². The molecule has 26 heavy (non-hydrogen) atoms. The fraction of sp³-hybridized carbons (Fsp3) is 0.368. The van der Waals surface area contributed by atoms with Gasteiger partial charge in [0, 0.05) is 19.3 Å². The van der Waals surface area contributed by atoms with Gasteiger partial charge in [0.1, 0.15) is 13.2 Å². The number of nitrogens with one attached hydrogen (secondary N) is 2. The molecule has 0 amide bonds. The summed E-state index contributed by atoms with van der Waals surface area (Å²) in [6, 6.07) is 9.73. The van der Waals surface area contributed by atoms with E-state index in [2.05, 4.69) is 20.6 Å². The second kappa shape index (κ2) is 9.29. The van der Waals surface area contributed by atoms with Crippen LogP contribution in [-0.4, -0.2) is 37.2 Å². The summed E-state index contributed by atoms with van der Waals surface area (Å²) in [7, 11) is 0. The van der Waals surface area contributed by atoms with Gasteiger partial charge in [-0.05, 0) is 43.2 Å². The summed E-state index contributed by atoms with van der Waals surface area (Å²) in [6.45, 7) is 5.18. The van der Waals surface area contributed by atoms with E-state index in [-0.39, 0.29) is 0 Å². The zero-order valence-electron chi connectivity index (χ0n) is 14.8. The predicted octanol–water partition coefficient (Wildman–Crippen LogP) is 2.80. The van der Waals surface area contributed by atoms with Crippen LogP contribution in [0.25, 0.3) is 0 Å². The first kappa shape index (κ1) is 18.3. The molecular weight excluding hydrogens is 352 g/mol. The maximum atomic E-state index is 6.29. The van der Waals surface area contributed by atoms with Crippen molar-refractivity contribution in [3.63, 3.8) is 0 Å². The molecule has 1 aromatic heterocycles. The number of hydrogen-bond donors (Lipinski definition) is 2. The van der Waals surface area contributed by atoms with E-state index >= 15 is 0 Å². The summed E-state index contributed by atoms with van der Waals surface area (Å²) in [6.07, 6.45) is 2.57.